The van der Waals surface area contributed by atoms with Gasteiger partial charge in [-0.25, -0.2) is 9.78 Å². The summed E-state index contributed by atoms with van der Waals surface area (Å²) in [5.41, 5.74) is 1.74. The van der Waals surface area contributed by atoms with E-state index in [-0.39, 0.29) is 6.10 Å². The van der Waals surface area contributed by atoms with Gasteiger partial charge in [-0.3, -0.25) is 10.3 Å². The van der Waals surface area contributed by atoms with Gasteiger partial charge in [-0.2, -0.15) is 0 Å². The molecule has 0 unspecified atom stereocenters. The van der Waals surface area contributed by atoms with Crippen molar-refractivity contribution in [2.45, 2.75) is 13.0 Å². The third-order valence-corrected chi connectivity index (χ3v) is 3.70. The summed E-state index contributed by atoms with van der Waals surface area (Å²) in [5.74, 6) is 0.861. The fourth-order valence-electron chi connectivity index (χ4n) is 2.41. The molecule has 1 atom stereocenters. The van der Waals surface area contributed by atoms with E-state index in [0.717, 1.165) is 18.8 Å². The first kappa shape index (κ1) is 18.2. The first-order valence-electron chi connectivity index (χ1n) is 8.31. The molecule has 3 rings (SSSR count). The number of ether oxygens (including phenoxy) is 2. The molecule has 1 fully saturated rings. The minimum Gasteiger partial charge on any atom is -0.489 e. The maximum absolute atomic E-state index is 12.2. The molecular formula is C17H20BN5O3. The lowest BCUT2D eigenvalue weighted by Crippen LogP contribution is -2.41. The summed E-state index contributed by atoms with van der Waals surface area (Å²) >= 11 is 0. The molecule has 1 aromatic carbocycles. The number of carbonyl (C=O) groups is 1. The van der Waals surface area contributed by atoms with E-state index >= 15 is 0 Å². The molecule has 0 aliphatic carbocycles. The first-order chi connectivity index (χ1) is 12.6. The third kappa shape index (κ3) is 5.17. The Bertz CT molecular complexity index is 751. The number of nitrogens with zero attached hydrogens (tertiary/aromatic N) is 2. The molecule has 2 amide bonds. The Kier molecular flexibility index (Phi) is 6.03. The predicted molar refractivity (Wildman–Crippen MR) is 99.3 cm³/mol. The van der Waals surface area contributed by atoms with Crippen LogP contribution in [0.3, 0.4) is 0 Å². The van der Waals surface area contributed by atoms with E-state index < -0.39 is 6.03 Å². The highest BCUT2D eigenvalue weighted by Crippen LogP contribution is 2.23. The van der Waals surface area contributed by atoms with Crippen molar-refractivity contribution in [3.05, 3.63) is 36.3 Å². The molecule has 2 radical (unpaired) electrons. The van der Waals surface area contributed by atoms with Gasteiger partial charge in [-0.05, 0) is 19.1 Å². The van der Waals surface area contributed by atoms with E-state index in [2.05, 4.69) is 25.9 Å². The summed E-state index contributed by atoms with van der Waals surface area (Å²) in [6.07, 6.45) is 3.02. The Morgan fingerprint density at radius 1 is 1.38 bits per heavy atom. The van der Waals surface area contributed by atoms with E-state index in [1.165, 1.54) is 6.20 Å². The van der Waals surface area contributed by atoms with Crippen LogP contribution in [0.2, 0.25) is 0 Å². The Hall–Kier alpha value is -2.65. The molecule has 1 saturated heterocycles. The van der Waals surface area contributed by atoms with Crippen molar-refractivity contribution >= 4 is 30.8 Å². The number of amides is 2. The largest absolute Gasteiger partial charge is 0.489 e. The fraction of sp³-hybridized carbons (Fsp3) is 0.353. The maximum Gasteiger partial charge on any atom is 0.324 e. The normalized spacial score (nSPS) is 16.7. The standard InChI is InChI=1S/C17H20BN5O3/c1-11-7-21-16(9-20-11)23-17(24)22-14-6-12(18)2-3-15(14)26-10-13-8-19-4-5-25-13/h2-3,6-7,9,13,19H,4-5,8,10H2,1H3,(H2,21,22,23,24)/t13-/m1/s1. The number of morpholine rings is 1. The van der Waals surface area contributed by atoms with Crippen LogP contribution in [-0.4, -0.2) is 56.3 Å². The van der Waals surface area contributed by atoms with Crippen molar-refractivity contribution < 1.29 is 14.3 Å². The smallest absolute Gasteiger partial charge is 0.324 e. The van der Waals surface area contributed by atoms with Crippen molar-refractivity contribution in [1.29, 1.82) is 0 Å². The van der Waals surface area contributed by atoms with E-state index in [1.54, 1.807) is 24.4 Å². The number of hydrogen-bond donors (Lipinski definition) is 3. The molecule has 2 aromatic rings. The number of carbonyl (C=O) groups excluding carboxylic acids is 1. The van der Waals surface area contributed by atoms with Crippen LogP contribution in [-0.2, 0) is 4.74 Å². The number of urea groups is 1. The lowest BCUT2D eigenvalue weighted by Gasteiger charge is -2.24. The molecule has 2 heterocycles. The topological polar surface area (TPSA) is 97.4 Å². The lowest BCUT2D eigenvalue weighted by molar-refractivity contribution is 0.000355. The molecule has 8 nitrogen and oxygen atoms in total. The number of benzene rings is 1. The van der Waals surface area contributed by atoms with E-state index in [4.69, 9.17) is 17.3 Å². The van der Waals surface area contributed by atoms with Gasteiger partial charge in [-0.15, -0.1) is 0 Å². The van der Waals surface area contributed by atoms with E-state index in [0.29, 0.717) is 35.9 Å². The number of rotatable bonds is 5. The summed E-state index contributed by atoms with van der Waals surface area (Å²) in [4.78, 5) is 20.4. The second-order valence-electron chi connectivity index (χ2n) is 5.89. The Morgan fingerprint density at radius 3 is 3.00 bits per heavy atom. The number of nitrogens with one attached hydrogen (secondary N) is 3. The molecule has 134 valence electrons. The van der Waals surface area contributed by atoms with Crippen LogP contribution in [0.15, 0.2) is 30.6 Å². The monoisotopic (exact) mass is 353 g/mol. The summed E-state index contributed by atoms with van der Waals surface area (Å²) in [6, 6.07) is 4.60. The molecule has 9 heteroatoms. The van der Waals surface area contributed by atoms with Gasteiger partial charge in [0.2, 0.25) is 0 Å². The van der Waals surface area contributed by atoms with Crippen molar-refractivity contribution in [1.82, 2.24) is 15.3 Å². The molecule has 0 saturated carbocycles. The minimum atomic E-state index is -0.464. The predicted octanol–water partition coefficient (Wildman–Crippen LogP) is 0.590. The SMILES string of the molecule is [B]c1ccc(OC[C@H]2CNCCO2)c(NC(=O)Nc2cnc(C)cn2)c1. The van der Waals surface area contributed by atoms with Crippen LogP contribution >= 0.6 is 0 Å². The van der Waals surface area contributed by atoms with Crippen molar-refractivity contribution in [2.75, 3.05) is 36.9 Å². The van der Waals surface area contributed by atoms with E-state index in [1.807, 2.05) is 6.92 Å². The van der Waals surface area contributed by atoms with Gasteiger partial charge in [0.1, 0.15) is 26.3 Å². The molecule has 26 heavy (non-hydrogen) atoms. The maximum atomic E-state index is 12.2. The van der Waals surface area contributed by atoms with Crippen molar-refractivity contribution in [2.24, 2.45) is 0 Å². The van der Waals surface area contributed by atoms with Gasteiger partial charge in [0.05, 0.1) is 30.4 Å². The third-order valence-electron chi connectivity index (χ3n) is 3.70. The zero-order chi connectivity index (χ0) is 18.4. The second kappa shape index (κ2) is 8.64. The van der Waals surface area contributed by atoms with Crippen LogP contribution in [0, 0.1) is 6.92 Å². The van der Waals surface area contributed by atoms with Gasteiger partial charge in [0, 0.05) is 13.1 Å². The minimum absolute atomic E-state index is 0.0363. The van der Waals surface area contributed by atoms with Gasteiger partial charge in [-0.1, -0.05) is 11.5 Å². The van der Waals surface area contributed by atoms with Gasteiger partial charge in [0.25, 0.3) is 0 Å². The van der Waals surface area contributed by atoms with Gasteiger partial charge < -0.3 is 20.1 Å². The summed E-state index contributed by atoms with van der Waals surface area (Å²) in [5, 5.41) is 8.58. The highest BCUT2D eigenvalue weighted by atomic mass is 16.5. The summed E-state index contributed by atoms with van der Waals surface area (Å²) in [7, 11) is 5.83. The zero-order valence-corrected chi connectivity index (χ0v) is 14.5. The molecule has 1 aliphatic heterocycles. The number of aromatic nitrogens is 2. The molecule has 1 aliphatic rings. The highest BCUT2D eigenvalue weighted by Gasteiger charge is 2.16. The first-order valence-corrected chi connectivity index (χ1v) is 8.31. The Morgan fingerprint density at radius 2 is 2.27 bits per heavy atom. The van der Waals surface area contributed by atoms with Gasteiger partial charge >= 0.3 is 6.03 Å². The molecule has 0 spiro atoms. The average Bonchev–Trinajstić information content (AvgIpc) is 2.64. The average molecular weight is 353 g/mol. The number of aryl methyl sites for hydroxylation is 1. The lowest BCUT2D eigenvalue weighted by atomic mass is 9.95. The number of hydrogen-bond acceptors (Lipinski definition) is 6. The summed E-state index contributed by atoms with van der Waals surface area (Å²) in [6.45, 7) is 4.41. The molecule has 1 aromatic heterocycles. The second-order valence-corrected chi connectivity index (χ2v) is 5.89. The van der Waals surface area contributed by atoms with Crippen LogP contribution < -0.4 is 26.2 Å². The van der Waals surface area contributed by atoms with Crippen LogP contribution in [0.4, 0.5) is 16.3 Å². The quantitative estimate of drug-likeness (QED) is 0.681. The molecule has 3 N–H and O–H groups in total. The van der Waals surface area contributed by atoms with Gasteiger partial charge in [0.15, 0.2) is 5.82 Å². The van der Waals surface area contributed by atoms with Crippen molar-refractivity contribution in [3.63, 3.8) is 0 Å². The summed E-state index contributed by atoms with van der Waals surface area (Å²) < 4.78 is 11.4. The fourth-order valence-corrected chi connectivity index (χ4v) is 2.41. The highest BCUT2D eigenvalue weighted by molar-refractivity contribution is 6.32. The van der Waals surface area contributed by atoms with E-state index in [9.17, 15) is 4.79 Å². The Balaban J connectivity index is 1.62. The number of anilines is 2. The molecular weight excluding hydrogens is 333 g/mol. The van der Waals surface area contributed by atoms with Crippen LogP contribution in [0.1, 0.15) is 5.69 Å². The zero-order valence-electron chi connectivity index (χ0n) is 14.5. The van der Waals surface area contributed by atoms with Crippen LogP contribution in [0.5, 0.6) is 5.75 Å². The molecule has 0 bridgehead atoms. The van der Waals surface area contributed by atoms with Crippen LogP contribution in [0.25, 0.3) is 0 Å². The Labute approximate surface area is 153 Å². The van der Waals surface area contributed by atoms with Crippen molar-refractivity contribution in [3.8, 4) is 5.75 Å².